The summed E-state index contributed by atoms with van der Waals surface area (Å²) in [7, 11) is 0. The molecule has 5 nitrogen and oxygen atoms in total. The molecule has 0 spiro atoms. The average Bonchev–Trinajstić information content (AvgIpc) is 2.40. The van der Waals surface area contributed by atoms with Crippen molar-refractivity contribution < 1.29 is 9.59 Å². The summed E-state index contributed by atoms with van der Waals surface area (Å²) in [6.45, 7) is 2.84. The largest absolute Gasteiger partial charge is 0.316 e. The highest BCUT2D eigenvalue weighted by atomic mass is 16.2. The minimum atomic E-state index is -0.623. The minimum Gasteiger partial charge on any atom is -0.288 e. The fraction of sp³-hybridized carbons (Fsp3) is 0.667. The quantitative estimate of drug-likeness (QED) is 0.598. The maximum atomic E-state index is 10.8. The lowest BCUT2D eigenvalue weighted by atomic mass is 9.71. The molecule has 0 bridgehead atoms. The van der Waals surface area contributed by atoms with Crippen molar-refractivity contribution in [2.45, 2.75) is 26.2 Å². The van der Waals surface area contributed by atoms with E-state index in [2.05, 4.69) is 22.5 Å². The van der Waals surface area contributed by atoms with Gasteiger partial charge in [-0.2, -0.15) is 0 Å². The first kappa shape index (κ1) is 9.18. The monoisotopic (exact) mass is 195 g/mol. The van der Waals surface area contributed by atoms with E-state index in [0.717, 1.165) is 0 Å². The number of guanidine groups is 1. The molecular formula is C9H13N3O2. The fourth-order valence-corrected chi connectivity index (χ4v) is 1.65. The molecule has 0 aromatic heterocycles. The van der Waals surface area contributed by atoms with Gasteiger partial charge in [0.1, 0.15) is 0 Å². The van der Waals surface area contributed by atoms with E-state index in [-0.39, 0.29) is 5.41 Å². The first-order chi connectivity index (χ1) is 6.59. The molecule has 2 amide bonds. The molecule has 2 aliphatic rings. The first-order valence-corrected chi connectivity index (χ1v) is 4.76. The van der Waals surface area contributed by atoms with Crippen LogP contribution in [0, 0.1) is 5.41 Å². The van der Waals surface area contributed by atoms with Crippen molar-refractivity contribution in [1.82, 2.24) is 10.6 Å². The smallest absolute Gasteiger partial charge is 0.288 e. The maximum Gasteiger partial charge on any atom is 0.316 e. The van der Waals surface area contributed by atoms with Crippen molar-refractivity contribution in [3.63, 3.8) is 0 Å². The third kappa shape index (κ3) is 1.62. The summed E-state index contributed by atoms with van der Waals surface area (Å²) in [5.41, 5.74) is 0.269. The molecule has 2 rings (SSSR count). The highest BCUT2D eigenvalue weighted by molar-refractivity contribution is 6.45. The molecule has 0 aromatic rings. The molecule has 1 heterocycles. The van der Waals surface area contributed by atoms with Gasteiger partial charge < -0.3 is 0 Å². The number of rotatable bonds is 2. The van der Waals surface area contributed by atoms with Gasteiger partial charge in [-0.05, 0) is 18.3 Å². The Bertz CT molecular complexity index is 300. The maximum absolute atomic E-state index is 10.8. The van der Waals surface area contributed by atoms with Gasteiger partial charge in [0, 0.05) is 6.54 Å². The molecule has 1 saturated heterocycles. The Morgan fingerprint density at radius 2 is 1.86 bits per heavy atom. The van der Waals surface area contributed by atoms with Gasteiger partial charge >= 0.3 is 11.8 Å². The van der Waals surface area contributed by atoms with Crippen LogP contribution >= 0.6 is 0 Å². The lowest BCUT2D eigenvalue weighted by molar-refractivity contribution is -0.135. The van der Waals surface area contributed by atoms with Gasteiger partial charge in [-0.1, -0.05) is 13.3 Å². The van der Waals surface area contributed by atoms with Crippen LogP contribution in [0.5, 0.6) is 0 Å². The second kappa shape index (κ2) is 3.08. The summed E-state index contributed by atoms with van der Waals surface area (Å²) in [5, 5.41) is 4.75. The Morgan fingerprint density at radius 1 is 1.29 bits per heavy atom. The van der Waals surface area contributed by atoms with E-state index in [0.29, 0.717) is 12.5 Å². The van der Waals surface area contributed by atoms with E-state index in [1.54, 1.807) is 0 Å². The van der Waals surface area contributed by atoms with Gasteiger partial charge in [0.25, 0.3) is 0 Å². The van der Waals surface area contributed by atoms with Crippen LogP contribution < -0.4 is 10.6 Å². The molecular weight excluding hydrogens is 182 g/mol. The van der Waals surface area contributed by atoms with Crippen LogP contribution in [0.1, 0.15) is 26.2 Å². The van der Waals surface area contributed by atoms with Crippen molar-refractivity contribution >= 4 is 17.8 Å². The summed E-state index contributed by atoms with van der Waals surface area (Å²) in [6.07, 6.45) is 3.59. The van der Waals surface area contributed by atoms with Crippen LogP contribution in [0.2, 0.25) is 0 Å². The highest BCUT2D eigenvalue weighted by Crippen LogP contribution is 2.40. The lowest BCUT2D eigenvalue weighted by Crippen LogP contribution is -2.32. The molecule has 1 aliphatic heterocycles. The number of carbonyl (C=O) groups excluding carboxylic acids is 2. The van der Waals surface area contributed by atoms with Crippen LogP contribution in [0.25, 0.3) is 0 Å². The molecule has 5 heteroatoms. The lowest BCUT2D eigenvalue weighted by Gasteiger charge is -2.36. The SMILES string of the molecule is CC1(CN=C2NC(=O)C(=O)N2)CCC1. The fourth-order valence-electron chi connectivity index (χ4n) is 1.65. The molecule has 0 radical (unpaired) electrons. The second-order valence-electron chi connectivity index (χ2n) is 4.24. The predicted molar refractivity (Wildman–Crippen MR) is 50.5 cm³/mol. The zero-order chi connectivity index (χ0) is 10.2. The van der Waals surface area contributed by atoms with Gasteiger partial charge in [0.15, 0.2) is 0 Å². The molecule has 0 atom stereocenters. The number of nitrogens with zero attached hydrogens (tertiary/aromatic N) is 1. The van der Waals surface area contributed by atoms with Gasteiger partial charge in [-0.3, -0.25) is 25.2 Å². The summed E-state index contributed by atoms with van der Waals surface area (Å²) in [5.74, 6) is -0.946. The molecule has 2 N–H and O–H groups in total. The average molecular weight is 195 g/mol. The van der Waals surface area contributed by atoms with Crippen LogP contribution in [0.15, 0.2) is 4.99 Å². The number of carbonyl (C=O) groups is 2. The van der Waals surface area contributed by atoms with Crippen LogP contribution in [0.4, 0.5) is 0 Å². The van der Waals surface area contributed by atoms with E-state index in [1.165, 1.54) is 19.3 Å². The Balaban J connectivity index is 1.93. The summed E-state index contributed by atoms with van der Waals surface area (Å²) in [4.78, 5) is 25.7. The molecule has 0 unspecified atom stereocenters. The standard InChI is InChI=1S/C9H13N3O2/c1-9(3-2-4-9)5-10-8-11-6(13)7(14)12-8/h2-5H2,1H3,(H2,10,11,12,13,14). The molecule has 14 heavy (non-hydrogen) atoms. The topological polar surface area (TPSA) is 70.6 Å². The Hall–Kier alpha value is -1.39. The Morgan fingerprint density at radius 3 is 2.29 bits per heavy atom. The van der Waals surface area contributed by atoms with E-state index in [9.17, 15) is 9.59 Å². The van der Waals surface area contributed by atoms with E-state index in [1.807, 2.05) is 0 Å². The van der Waals surface area contributed by atoms with Crippen molar-refractivity contribution in [1.29, 1.82) is 0 Å². The number of nitrogens with one attached hydrogen (secondary N) is 2. The van der Waals surface area contributed by atoms with E-state index in [4.69, 9.17) is 0 Å². The van der Waals surface area contributed by atoms with Crippen LogP contribution in [0.3, 0.4) is 0 Å². The Labute approximate surface area is 82.0 Å². The molecule has 2 fully saturated rings. The van der Waals surface area contributed by atoms with Crippen molar-refractivity contribution in [2.75, 3.05) is 6.54 Å². The van der Waals surface area contributed by atoms with Gasteiger partial charge in [0.05, 0.1) is 0 Å². The van der Waals surface area contributed by atoms with Gasteiger partial charge in [-0.15, -0.1) is 0 Å². The van der Waals surface area contributed by atoms with Crippen molar-refractivity contribution in [2.24, 2.45) is 10.4 Å². The second-order valence-corrected chi connectivity index (χ2v) is 4.24. The van der Waals surface area contributed by atoms with Gasteiger partial charge in [-0.25, -0.2) is 0 Å². The summed E-state index contributed by atoms with van der Waals surface area (Å²) in [6, 6.07) is 0. The number of hydrogen-bond donors (Lipinski definition) is 2. The zero-order valence-electron chi connectivity index (χ0n) is 8.09. The number of aliphatic imine (C=N–C) groups is 1. The highest BCUT2D eigenvalue weighted by Gasteiger charge is 2.32. The first-order valence-electron chi connectivity index (χ1n) is 4.76. The third-order valence-electron chi connectivity index (χ3n) is 2.85. The molecule has 1 aliphatic carbocycles. The minimum absolute atomic E-state index is 0.269. The summed E-state index contributed by atoms with van der Waals surface area (Å²) >= 11 is 0. The number of hydrogen-bond acceptors (Lipinski definition) is 3. The molecule has 76 valence electrons. The van der Waals surface area contributed by atoms with Crippen LogP contribution in [-0.2, 0) is 9.59 Å². The van der Waals surface area contributed by atoms with E-state index >= 15 is 0 Å². The van der Waals surface area contributed by atoms with Crippen molar-refractivity contribution in [3.05, 3.63) is 0 Å². The molecule has 0 aromatic carbocycles. The molecule has 1 saturated carbocycles. The van der Waals surface area contributed by atoms with Crippen molar-refractivity contribution in [3.8, 4) is 0 Å². The van der Waals surface area contributed by atoms with Gasteiger partial charge in [0.2, 0.25) is 5.96 Å². The third-order valence-corrected chi connectivity index (χ3v) is 2.85. The van der Waals surface area contributed by atoms with E-state index < -0.39 is 11.8 Å². The predicted octanol–water partition coefficient (Wildman–Crippen LogP) is -0.221. The summed E-state index contributed by atoms with van der Waals surface area (Å²) < 4.78 is 0. The number of amides is 2. The Kier molecular flexibility index (Phi) is 2.02. The zero-order valence-corrected chi connectivity index (χ0v) is 8.09. The normalized spacial score (nSPS) is 23.9. The van der Waals surface area contributed by atoms with Crippen LogP contribution in [-0.4, -0.2) is 24.3 Å².